The van der Waals surface area contributed by atoms with Crippen LogP contribution in [0.5, 0.6) is 5.75 Å². The standard InChI is InChI=1S/C28H42N2O/c1-4-7-9-10-12-23-13-18-27-25(19-23)20-29-28(30-27)24-14-16-26(17-15-24)31-21-22(6-3)11-8-5-2/h14-17,20,22-23H,4-13,18-19,21H2,1-3H3. The molecular formula is C28H42N2O. The number of hydrogen-bond donors (Lipinski definition) is 0. The van der Waals surface area contributed by atoms with Gasteiger partial charge in [0, 0.05) is 17.5 Å². The number of fused-ring (bicyclic) bond motifs is 1. The van der Waals surface area contributed by atoms with Crippen molar-refractivity contribution in [3.63, 3.8) is 0 Å². The van der Waals surface area contributed by atoms with E-state index in [1.807, 2.05) is 0 Å². The van der Waals surface area contributed by atoms with Gasteiger partial charge in [0.25, 0.3) is 0 Å². The summed E-state index contributed by atoms with van der Waals surface area (Å²) in [4.78, 5) is 9.63. The summed E-state index contributed by atoms with van der Waals surface area (Å²) in [5.41, 5.74) is 3.71. The van der Waals surface area contributed by atoms with Crippen molar-refractivity contribution in [3.8, 4) is 17.1 Å². The number of aromatic nitrogens is 2. The first-order chi connectivity index (χ1) is 15.2. The molecule has 0 N–H and O–H groups in total. The van der Waals surface area contributed by atoms with Crippen LogP contribution >= 0.6 is 0 Å². The highest BCUT2D eigenvalue weighted by molar-refractivity contribution is 5.56. The highest BCUT2D eigenvalue weighted by Gasteiger charge is 2.20. The molecule has 0 bridgehead atoms. The fraction of sp³-hybridized carbons (Fsp3) is 0.643. The van der Waals surface area contributed by atoms with Gasteiger partial charge in [0.15, 0.2) is 5.82 Å². The Morgan fingerprint density at radius 3 is 2.55 bits per heavy atom. The molecule has 1 aromatic carbocycles. The summed E-state index contributed by atoms with van der Waals surface area (Å²) in [5.74, 6) is 3.27. The van der Waals surface area contributed by atoms with Gasteiger partial charge in [0.1, 0.15) is 5.75 Å². The van der Waals surface area contributed by atoms with E-state index in [9.17, 15) is 0 Å². The highest BCUT2D eigenvalue weighted by atomic mass is 16.5. The summed E-state index contributed by atoms with van der Waals surface area (Å²) >= 11 is 0. The zero-order valence-corrected chi connectivity index (χ0v) is 20.0. The average molecular weight is 423 g/mol. The van der Waals surface area contributed by atoms with E-state index in [-0.39, 0.29) is 0 Å². The van der Waals surface area contributed by atoms with Gasteiger partial charge in [-0.2, -0.15) is 0 Å². The Kier molecular flexibility index (Phi) is 9.84. The molecule has 0 fully saturated rings. The maximum Gasteiger partial charge on any atom is 0.159 e. The third-order valence-electron chi connectivity index (χ3n) is 6.86. The molecular weight excluding hydrogens is 380 g/mol. The van der Waals surface area contributed by atoms with Gasteiger partial charge < -0.3 is 4.74 Å². The Hall–Kier alpha value is -1.90. The molecule has 1 heterocycles. The van der Waals surface area contributed by atoms with E-state index in [0.717, 1.165) is 42.5 Å². The molecule has 0 aliphatic heterocycles. The van der Waals surface area contributed by atoms with Crippen molar-refractivity contribution in [2.45, 2.75) is 97.8 Å². The van der Waals surface area contributed by atoms with Crippen LogP contribution in [0.15, 0.2) is 30.5 Å². The minimum atomic E-state index is 0.652. The molecule has 31 heavy (non-hydrogen) atoms. The first-order valence-electron chi connectivity index (χ1n) is 12.8. The number of nitrogens with zero attached hydrogens (tertiary/aromatic N) is 2. The Balaban J connectivity index is 1.54. The fourth-order valence-electron chi connectivity index (χ4n) is 4.64. The van der Waals surface area contributed by atoms with E-state index in [1.165, 1.54) is 75.5 Å². The van der Waals surface area contributed by atoms with Crippen molar-refractivity contribution in [2.75, 3.05) is 6.61 Å². The molecule has 1 aliphatic carbocycles. The fourth-order valence-corrected chi connectivity index (χ4v) is 4.64. The second-order valence-corrected chi connectivity index (χ2v) is 9.38. The van der Waals surface area contributed by atoms with Crippen molar-refractivity contribution in [3.05, 3.63) is 41.7 Å². The smallest absolute Gasteiger partial charge is 0.159 e. The van der Waals surface area contributed by atoms with Crippen LogP contribution in [0.1, 0.15) is 96.2 Å². The van der Waals surface area contributed by atoms with Gasteiger partial charge in [-0.1, -0.05) is 72.1 Å². The van der Waals surface area contributed by atoms with Crippen LogP contribution in [-0.4, -0.2) is 16.6 Å². The van der Waals surface area contributed by atoms with E-state index in [4.69, 9.17) is 14.7 Å². The number of unbranched alkanes of at least 4 members (excludes halogenated alkanes) is 4. The lowest BCUT2D eigenvalue weighted by molar-refractivity contribution is 0.233. The van der Waals surface area contributed by atoms with Crippen molar-refractivity contribution >= 4 is 0 Å². The number of ether oxygens (including phenoxy) is 1. The van der Waals surface area contributed by atoms with Crippen LogP contribution in [0, 0.1) is 11.8 Å². The lowest BCUT2D eigenvalue weighted by atomic mass is 9.84. The van der Waals surface area contributed by atoms with E-state index in [0.29, 0.717) is 5.92 Å². The molecule has 0 saturated carbocycles. The summed E-state index contributed by atoms with van der Waals surface area (Å²) in [5, 5.41) is 0. The van der Waals surface area contributed by atoms with E-state index < -0.39 is 0 Å². The number of benzene rings is 1. The van der Waals surface area contributed by atoms with Crippen LogP contribution in [0.3, 0.4) is 0 Å². The second-order valence-electron chi connectivity index (χ2n) is 9.38. The minimum absolute atomic E-state index is 0.652. The SMILES string of the molecule is CCCCCCC1CCc2nc(-c3ccc(OCC(CC)CCCC)cc3)ncc2C1. The number of aryl methyl sites for hydroxylation is 1. The molecule has 0 amide bonds. The van der Waals surface area contributed by atoms with Crippen LogP contribution in [0.2, 0.25) is 0 Å². The van der Waals surface area contributed by atoms with Gasteiger partial charge in [-0.05, 0) is 67.3 Å². The van der Waals surface area contributed by atoms with Gasteiger partial charge in [-0.15, -0.1) is 0 Å². The van der Waals surface area contributed by atoms with E-state index in [2.05, 4.69) is 51.2 Å². The molecule has 1 aliphatic rings. The molecule has 3 nitrogen and oxygen atoms in total. The normalized spacial score (nSPS) is 16.7. The molecule has 0 radical (unpaired) electrons. The predicted molar refractivity (Wildman–Crippen MR) is 131 cm³/mol. The van der Waals surface area contributed by atoms with Crippen molar-refractivity contribution in [1.82, 2.24) is 9.97 Å². The molecule has 3 heteroatoms. The Morgan fingerprint density at radius 1 is 1.00 bits per heavy atom. The lowest BCUT2D eigenvalue weighted by Gasteiger charge is -2.24. The largest absolute Gasteiger partial charge is 0.493 e. The third-order valence-corrected chi connectivity index (χ3v) is 6.86. The Morgan fingerprint density at radius 2 is 1.81 bits per heavy atom. The van der Waals surface area contributed by atoms with Crippen molar-refractivity contribution in [2.24, 2.45) is 11.8 Å². The van der Waals surface area contributed by atoms with Gasteiger partial charge in [0.2, 0.25) is 0 Å². The highest BCUT2D eigenvalue weighted by Crippen LogP contribution is 2.29. The molecule has 1 aromatic heterocycles. The van der Waals surface area contributed by atoms with Crippen molar-refractivity contribution in [1.29, 1.82) is 0 Å². The second kappa shape index (κ2) is 12.8. The first-order valence-corrected chi connectivity index (χ1v) is 12.8. The molecule has 0 saturated heterocycles. The average Bonchev–Trinajstić information content (AvgIpc) is 2.82. The zero-order valence-electron chi connectivity index (χ0n) is 20.0. The molecule has 3 rings (SSSR count). The molecule has 2 atom stereocenters. The summed E-state index contributed by atoms with van der Waals surface area (Å²) in [7, 11) is 0. The van der Waals surface area contributed by atoms with E-state index >= 15 is 0 Å². The maximum absolute atomic E-state index is 6.06. The van der Waals surface area contributed by atoms with Crippen LogP contribution < -0.4 is 4.74 Å². The van der Waals surface area contributed by atoms with E-state index in [1.54, 1.807) is 0 Å². The zero-order chi connectivity index (χ0) is 21.9. The summed E-state index contributed by atoms with van der Waals surface area (Å²) < 4.78 is 6.06. The molecule has 0 spiro atoms. The Bertz CT molecular complexity index is 771. The summed E-state index contributed by atoms with van der Waals surface area (Å²) in [6.07, 6.45) is 17.4. The van der Waals surface area contributed by atoms with Gasteiger partial charge in [-0.3, -0.25) is 0 Å². The van der Waals surface area contributed by atoms with Crippen LogP contribution in [0.25, 0.3) is 11.4 Å². The lowest BCUT2D eigenvalue weighted by Crippen LogP contribution is -2.16. The topological polar surface area (TPSA) is 35.0 Å². The van der Waals surface area contributed by atoms with Gasteiger partial charge >= 0.3 is 0 Å². The summed E-state index contributed by atoms with van der Waals surface area (Å²) in [6, 6.07) is 8.33. The maximum atomic E-state index is 6.06. The van der Waals surface area contributed by atoms with Crippen LogP contribution in [-0.2, 0) is 12.8 Å². The van der Waals surface area contributed by atoms with Gasteiger partial charge in [0.05, 0.1) is 6.61 Å². The quantitative estimate of drug-likeness (QED) is 0.309. The number of rotatable bonds is 13. The monoisotopic (exact) mass is 422 g/mol. The van der Waals surface area contributed by atoms with Gasteiger partial charge in [-0.25, -0.2) is 9.97 Å². The molecule has 2 unspecified atom stereocenters. The third kappa shape index (κ3) is 7.33. The minimum Gasteiger partial charge on any atom is -0.493 e. The number of hydrogen-bond acceptors (Lipinski definition) is 3. The molecule has 170 valence electrons. The first kappa shape index (κ1) is 23.8. The van der Waals surface area contributed by atoms with Crippen LogP contribution in [0.4, 0.5) is 0 Å². The Labute approximate surface area is 190 Å². The summed E-state index contributed by atoms with van der Waals surface area (Å²) in [6.45, 7) is 7.60. The molecule has 2 aromatic rings. The van der Waals surface area contributed by atoms with Crippen molar-refractivity contribution < 1.29 is 4.74 Å². The predicted octanol–water partition coefficient (Wildman–Crippen LogP) is 7.81.